The third-order valence-corrected chi connectivity index (χ3v) is 6.10. The minimum Gasteiger partial charge on any atom is -0.490 e. The zero-order valence-electron chi connectivity index (χ0n) is 16.5. The van der Waals surface area contributed by atoms with E-state index in [0.717, 1.165) is 0 Å². The molecule has 3 rings (SSSR count). The SMILES string of the molecule is N/C(COc1ccccc1)=N\OCCOc1ccc(S(=O)(=O)N2CCOCC2)cc1. The van der Waals surface area contributed by atoms with Crippen molar-refractivity contribution in [3.8, 4) is 11.5 Å². The molecule has 0 aliphatic carbocycles. The summed E-state index contributed by atoms with van der Waals surface area (Å²) < 4.78 is 42.8. The first-order valence-electron chi connectivity index (χ1n) is 9.48. The summed E-state index contributed by atoms with van der Waals surface area (Å²) in [6.07, 6.45) is 0. The average Bonchev–Trinajstić information content (AvgIpc) is 2.79. The van der Waals surface area contributed by atoms with Gasteiger partial charge in [-0.1, -0.05) is 23.4 Å². The summed E-state index contributed by atoms with van der Waals surface area (Å²) in [5.74, 6) is 1.43. The van der Waals surface area contributed by atoms with Crippen LogP contribution in [0.15, 0.2) is 64.6 Å². The minimum absolute atomic E-state index is 0.115. The van der Waals surface area contributed by atoms with Crippen LogP contribution in [-0.4, -0.2) is 64.7 Å². The standard InChI is InChI=1S/C20H25N3O6S/c21-20(16-28-17-4-2-1-3-5-17)22-29-15-14-27-18-6-8-19(9-7-18)30(24,25)23-10-12-26-13-11-23/h1-9H,10-16H2,(H2,21,22). The molecule has 30 heavy (non-hydrogen) atoms. The van der Waals surface area contributed by atoms with Gasteiger partial charge in [0.2, 0.25) is 10.0 Å². The monoisotopic (exact) mass is 435 g/mol. The lowest BCUT2D eigenvalue weighted by molar-refractivity contribution is 0.0730. The lowest BCUT2D eigenvalue weighted by Gasteiger charge is -2.26. The Balaban J connectivity index is 1.39. The third-order valence-electron chi connectivity index (χ3n) is 4.19. The van der Waals surface area contributed by atoms with Gasteiger partial charge in [0.1, 0.15) is 24.7 Å². The number of hydrogen-bond donors (Lipinski definition) is 1. The van der Waals surface area contributed by atoms with Crippen LogP contribution in [0.5, 0.6) is 11.5 Å². The van der Waals surface area contributed by atoms with E-state index in [1.165, 1.54) is 16.4 Å². The summed E-state index contributed by atoms with van der Waals surface area (Å²) in [6.45, 7) is 2.06. The number of sulfonamides is 1. The topological polar surface area (TPSA) is 113 Å². The molecule has 162 valence electrons. The fourth-order valence-corrected chi connectivity index (χ4v) is 4.08. The number of rotatable bonds is 10. The number of oxime groups is 1. The molecule has 10 heteroatoms. The van der Waals surface area contributed by atoms with E-state index in [-0.39, 0.29) is 30.6 Å². The Morgan fingerprint density at radius 1 is 0.967 bits per heavy atom. The number of hydrogen-bond acceptors (Lipinski definition) is 7. The maximum atomic E-state index is 12.6. The highest BCUT2D eigenvalue weighted by atomic mass is 32.2. The Bertz CT molecular complexity index is 913. The van der Waals surface area contributed by atoms with Crippen LogP contribution in [0.1, 0.15) is 0 Å². The van der Waals surface area contributed by atoms with Gasteiger partial charge >= 0.3 is 0 Å². The minimum atomic E-state index is -3.51. The van der Waals surface area contributed by atoms with Gasteiger partial charge in [0.25, 0.3) is 0 Å². The zero-order chi connectivity index (χ0) is 21.2. The normalized spacial score (nSPS) is 15.5. The molecule has 1 aliphatic heterocycles. The van der Waals surface area contributed by atoms with Gasteiger partial charge in [-0.3, -0.25) is 0 Å². The van der Waals surface area contributed by atoms with Gasteiger partial charge in [-0.25, -0.2) is 8.42 Å². The summed E-state index contributed by atoms with van der Waals surface area (Å²) >= 11 is 0. The highest BCUT2D eigenvalue weighted by molar-refractivity contribution is 7.89. The van der Waals surface area contributed by atoms with Crippen molar-refractivity contribution in [2.75, 3.05) is 46.1 Å². The van der Waals surface area contributed by atoms with Gasteiger partial charge in [0.05, 0.1) is 18.1 Å². The fraction of sp³-hybridized carbons (Fsp3) is 0.350. The van der Waals surface area contributed by atoms with Crippen LogP contribution in [-0.2, 0) is 19.6 Å². The van der Waals surface area contributed by atoms with E-state index in [1.54, 1.807) is 12.1 Å². The van der Waals surface area contributed by atoms with Crippen molar-refractivity contribution in [3.05, 3.63) is 54.6 Å². The molecule has 2 N–H and O–H groups in total. The first kappa shape index (κ1) is 21.9. The number of nitrogens with two attached hydrogens (primary N) is 1. The van der Waals surface area contributed by atoms with E-state index >= 15 is 0 Å². The molecule has 0 radical (unpaired) electrons. The van der Waals surface area contributed by atoms with Gasteiger partial charge in [-0.05, 0) is 36.4 Å². The summed E-state index contributed by atoms with van der Waals surface area (Å²) in [4.78, 5) is 5.33. The second-order valence-corrected chi connectivity index (χ2v) is 8.29. The van der Waals surface area contributed by atoms with E-state index in [9.17, 15) is 8.42 Å². The number of nitrogens with zero attached hydrogens (tertiary/aromatic N) is 2. The molecule has 0 amide bonds. The van der Waals surface area contributed by atoms with Crippen LogP contribution in [0, 0.1) is 0 Å². The second kappa shape index (κ2) is 10.8. The van der Waals surface area contributed by atoms with Gasteiger partial charge in [-0.2, -0.15) is 4.31 Å². The number of ether oxygens (including phenoxy) is 3. The van der Waals surface area contributed by atoms with Crippen LogP contribution >= 0.6 is 0 Å². The van der Waals surface area contributed by atoms with Crippen molar-refractivity contribution in [1.82, 2.24) is 4.31 Å². The smallest absolute Gasteiger partial charge is 0.243 e. The van der Waals surface area contributed by atoms with E-state index in [2.05, 4.69) is 5.16 Å². The lowest BCUT2D eigenvalue weighted by Crippen LogP contribution is -2.40. The molecule has 0 saturated carbocycles. The Morgan fingerprint density at radius 2 is 1.63 bits per heavy atom. The molecule has 0 unspecified atom stereocenters. The molecular formula is C20H25N3O6S. The molecule has 0 aromatic heterocycles. The van der Waals surface area contributed by atoms with Crippen LogP contribution < -0.4 is 15.2 Å². The van der Waals surface area contributed by atoms with Crippen molar-refractivity contribution in [2.45, 2.75) is 4.90 Å². The Hall–Kier alpha value is -2.82. The van der Waals surface area contributed by atoms with Gasteiger partial charge < -0.3 is 24.8 Å². The van der Waals surface area contributed by atoms with E-state index < -0.39 is 10.0 Å². The number of para-hydroxylation sites is 1. The van der Waals surface area contributed by atoms with Crippen LogP contribution in [0.2, 0.25) is 0 Å². The molecule has 1 aliphatic rings. The molecular weight excluding hydrogens is 410 g/mol. The number of benzene rings is 2. The zero-order valence-corrected chi connectivity index (χ0v) is 17.3. The van der Waals surface area contributed by atoms with Crippen molar-refractivity contribution >= 4 is 15.9 Å². The number of morpholine rings is 1. The van der Waals surface area contributed by atoms with E-state index in [1.807, 2.05) is 30.3 Å². The van der Waals surface area contributed by atoms with Crippen LogP contribution in [0.3, 0.4) is 0 Å². The van der Waals surface area contributed by atoms with Crippen molar-refractivity contribution < 1.29 is 27.5 Å². The lowest BCUT2D eigenvalue weighted by atomic mass is 10.3. The maximum absolute atomic E-state index is 12.6. The molecule has 2 aromatic rings. The van der Waals surface area contributed by atoms with Gasteiger partial charge in [0.15, 0.2) is 12.4 Å². The molecule has 1 saturated heterocycles. The van der Waals surface area contributed by atoms with Gasteiger partial charge in [0, 0.05) is 13.1 Å². The first-order chi connectivity index (χ1) is 14.6. The molecule has 1 heterocycles. The first-order valence-corrected chi connectivity index (χ1v) is 10.9. The Labute approximate surface area is 176 Å². The van der Waals surface area contributed by atoms with E-state index in [0.29, 0.717) is 37.8 Å². The molecule has 2 aromatic carbocycles. The Morgan fingerprint density at radius 3 is 2.33 bits per heavy atom. The highest BCUT2D eigenvalue weighted by Crippen LogP contribution is 2.20. The predicted molar refractivity (Wildman–Crippen MR) is 111 cm³/mol. The quantitative estimate of drug-likeness (QED) is 0.260. The molecule has 9 nitrogen and oxygen atoms in total. The van der Waals surface area contributed by atoms with Gasteiger partial charge in [-0.15, -0.1) is 0 Å². The summed E-state index contributed by atoms with van der Waals surface area (Å²) in [5, 5.41) is 3.76. The largest absolute Gasteiger partial charge is 0.490 e. The van der Waals surface area contributed by atoms with Crippen molar-refractivity contribution in [1.29, 1.82) is 0 Å². The molecule has 0 bridgehead atoms. The maximum Gasteiger partial charge on any atom is 0.243 e. The molecule has 0 spiro atoms. The fourth-order valence-electron chi connectivity index (χ4n) is 2.67. The summed E-state index contributed by atoms with van der Waals surface area (Å²) in [7, 11) is -3.51. The molecule has 0 atom stereocenters. The average molecular weight is 436 g/mol. The Kier molecular flexibility index (Phi) is 7.89. The van der Waals surface area contributed by atoms with Crippen molar-refractivity contribution in [2.24, 2.45) is 10.9 Å². The van der Waals surface area contributed by atoms with E-state index in [4.69, 9.17) is 24.8 Å². The summed E-state index contributed by atoms with van der Waals surface area (Å²) in [5.41, 5.74) is 5.72. The summed E-state index contributed by atoms with van der Waals surface area (Å²) in [6, 6.07) is 15.5. The van der Waals surface area contributed by atoms with Crippen molar-refractivity contribution in [3.63, 3.8) is 0 Å². The predicted octanol–water partition coefficient (Wildman–Crippen LogP) is 1.45. The highest BCUT2D eigenvalue weighted by Gasteiger charge is 2.26. The molecule has 1 fully saturated rings. The van der Waals surface area contributed by atoms with Crippen LogP contribution in [0.4, 0.5) is 0 Å². The van der Waals surface area contributed by atoms with Crippen LogP contribution in [0.25, 0.3) is 0 Å². The number of amidine groups is 1. The third kappa shape index (κ3) is 6.34. The second-order valence-electron chi connectivity index (χ2n) is 6.35.